The second kappa shape index (κ2) is 5.94. The van der Waals surface area contributed by atoms with Gasteiger partial charge in [-0.1, -0.05) is 0 Å². The first-order valence-electron chi connectivity index (χ1n) is 6.28. The first kappa shape index (κ1) is 13.0. The highest BCUT2D eigenvalue weighted by Crippen LogP contribution is 2.14. The average molecular weight is 247 g/mol. The fourth-order valence-corrected chi connectivity index (χ4v) is 2.30. The lowest BCUT2D eigenvalue weighted by molar-refractivity contribution is 0.269. The summed E-state index contributed by atoms with van der Waals surface area (Å²) in [6, 6.07) is 6.52. The van der Waals surface area contributed by atoms with Crippen molar-refractivity contribution < 1.29 is 4.39 Å². The van der Waals surface area contributed by atoms with Gasteiger partial charge in [-0.05, 0) is 50.3 Å². The molecule has 1 saturated heterocycles. The van der Waals surface area contributed by atoms with E-state index in [0.29, 0.717) is 12.1 Å². The van der Waals surface area contributed by atoms with Crippen molar-refractivity contribution in [3.8, 4) is 6.07 Å². The molecule has 0 bridgehead atoms. The molecule has 0 saturated carbocycles. The van der Waals surface area contributed by atoms with Gasteiger partial charge in [0.15, 0.2) is 0 Å². The summed E-state index contributed by atoms with van der Waals surface area (Å²) in [5.41, 5.74) is 1.37. The van der Waals surface area contributed by atoms with Crippen LogP contribution in [0.1, 0.15) is 17.5 Å². The summed E-state index contributed by atoms with van der Waals surface area (Å²) >= 11 is 0. The quantitative estimate of drug-likeness (QED) is 0.798. The van der Waals surface area contributed by atoms with Gasteiger partial charge in [0, 0.05) is 19.6 Å². The zero-order chi connectivity index (χ0) is 13.0. The van der Waals surface area contributed by atoms with E-state index in [1.54, 1.807) is 6.07 Å². The summed E-state index contributed by atoms with van der Waals surface area (Å²) in [6.07, 6.45) is 1.12. The lowest BCUT2D eigenvalue weighted by atomic mass is 10.1. The molecule has 1 aromatic carbocycles. The zero-order valence-corrected chi connectivity index (χ0v) is 10.7. The van der Waals surface area contributed by atoms with E-state index in [1.807, 2.05) is 0 Å². The Morgan fingerprint density at radius 3 is 2.89 bits per heavy atom. The number of likely N-dealkylation sites (N-methyl/N-ethyl adjacent to an activating group) is 1. The molecule has 96 valence electrons. The number of halogens is 1. The fourth-order valence-electron chi connectivity index (χ4n) is 2.30. The lowest BCUT2D eigenvalue weighted by Gasteiger charge is -2.20. The van der Waals surface area contributed by atoms with E-state index in [9.17, 15) is 4.39 Å². The molecule has 0 N–H and O–H groups in total. The third-order valence-corrected chi connectivity index (χ3v) is 3.39. The van der Waals surface area contributed by atoms with Crippen molar-refractivity contribution in [2.24, 2.45) is 0 Å². The molecule has 0 amide bonds. The topological polar surface area (TPSA) is 30.3 Å². The molecule has 1 aliphatic heterocycles. The Labute approximate surface area is 107 Å². The molecule has 0 spiro atoms. The third-order valence-electron chi connectivity index (χ3n) is 3.39. The monoisotopic (exact) mass is 247 g/mol. The largest absolute Gasteiger partial charge is 0.305 e. The molecule has 1 heterocycles. The Morgan fingerprint density at radius 2 is 2.11 bits per heavy atom. The van der Waals surface area contributed by atoms with Crippen LogP contribution in [0.25, 0.3) is 0 Å². The molecule has 3 nitrogen and oxygen atoms in total. The minimum atomic E-state index is -0.268. The Bertz CT molecular complexity index is 453. The molecule has 1 fully saturated rings. The van der Waals surface area contributed by atoms with Gasteiger partial charge in [0.1, 0.15) is 5.82 Å². The van der Waals surface area contributed by atoms with E-state index in [0.717, 1.165) is 38.2 Å². The number of benzene rings is 1. The van der Waals surface area contributed by atoms with Crippen LogP contribution in [-0.2, 0) is 6.54 Å². The smallest absolute Gasteiger partial charge is 0.123 e. The first-order chi connectivity index (χ1) is 8.69. The van der Waals surface area contributed by atoms with E-state index in [2.05, 4.69) is 22.9 Å². The SMILES string of the molecule is CN1CCCN(Cc2cc(F)ccc2C#N)CC1. The summed E-state index contributed by atoms with van der Waals surface area (Å²) in [4.78, 5) is 4.59. The second-order valence-corrected chi connectivity index (χ2v) is 4.85. The first-order valence-corrected chi connectivity index (χ1v) is 6.28. The van der Waals surface area contributed by atoms with Crippen LogP contribution in [-0.4, -0.2) is 43.0 Å². The summed E-state index contributed by atoms with van der Waals surface area (Å²) in [5.74, 6) is -0.268. The predicted molar refractivity (Wildman–Crippen MR) is 68.5 cm³/mol. The van der Waals surface area contributed by atoms with Crippen LogP contribution in [0.2, 0.25) is 0 Å². The summed E-state index contributed by atoms with van der Waals surface area (Å²) in [5, 5.41) is 9.04. The maximum absolute atomic E-state index is 13.2. The standard InChI is InChI=1S/C14H18FN3/c1-17-5-2-6-18(8-7-17)11-13-9-14(15)4-3-12(13)10-16/h3-4,9H,2,5-8,11H2,1H3. The Kier molecular flexibility index (Phi) is 4.29. The van der Waals surface area contributed by atoms with E-state index in [1.165, 1.54) is 12.1 Å². The molecule has 1 aromatic rings. The summed E-state index contributed by atoms with van der Waals surface area (Å²) < 4.78 is 13.2. The Balaban J connectivity index is 2.09. The molecular formula is C14H18FN3. The normalized spacial score (nSPS) is 18.3. The van der Waals surface area contributed by atoms with E-state index >= 15 is 0 Å². The maximum atomic E-state index is 13.2. The van der Waals surface area contributed by atoms with Crippen LogP contribution < -0.4 is 0 Å². The Morgan fingerprint density at radius 1 is 1.28 bits per heavy atom. The predicted octanol–water partition coefficient (Wildman–Crippen LogP) is 1.83. The van der Waals surface area contributed by atoms with Gasteiger partial charge >= 0.3 is 0 Å². The van der Waals surface area contributed by atoms with Gasteiger partial charge in [-0.2, -0.15) is 5.26 Å². The van der Waals surface area contributed by atoms with Crippen molar-refractivity contribution in [1.82, 2.24) is 9.80 Å². The number of hydrogen-bond acceptors (Lipinski definition) is 3. The van der Waals surface area contributed by atoms with Crippen LogP contribution in [0.5, 0.6) is 0 Å². The maximum Gasteiger partial charge on any atom is 0.123 e. The molecule has 0 unspecified atom stereocenters. The molecule has 2 rings (SSSR count). The van der Waals surface area contributed by atoms with E-state index in [4.69, 9.17) is 5.26 Å². The molecule has 0 radical (unpaired) electrons. The van der Waals surface area contributed by atoms with Crippen molar-refractivity contribution in [3.05, 3.63) is 35.1 Å². The van der Waals surface area contributed by atoms with Crippen LogP contribution >= 0.6 is 0 Å². The van der Waals surface area contributed by atoms with Gasteiger partial charge in [0.25, 0.3) is 0 Å². The fraction of sp³-hybridized carbons (Fsp3) is 0.500. The van der Waals surface area contributed by atoms with Gasteiger partial charge in [-0.3, -0.25) is 4.90 Å². The second-order valence-electron chi connectivity index (χ2n) is 4.85. The highest BCUT2D eigenvalue weighted by molar-refractivity contribution is 5.37. The highest BCUT2D eigenvalue weighted by atomic mass is 19.1. The van der Waals surface area contributed by atoms with Crippen molar-refractivity contribution in [2.45, 2.75) is 13.0 Å². The third kappa shape index (κ3) is 3.28. The lowest BCUT2D eigenvalue weighted by Crippen LogP contribution is -2.28. The molecule has 4 heteroatoms. The van der Waals surface area contributed by atoms with Crippen LogP contribution in [0, 0.1) is 17.1 Å². The summed E-state index contributed by atoms with van der Waals surface area (Å²) in [6.45, 7) is 4.76. The van der Waals surface area contributed by atoms with Crippen LogP contribution in [0.3, 0.4) is 0 Å². The molecule has 0 aromatic heterocycles. The molecule has 0 aliphatic carbocycles. The minimum absolute atomic E-state index is 0.268. The minimum Gasteiger partial charge on any atom is -0.305 e. The molecular weight excluding hydrogens is 229 g/mol. The summed E-state index contributed by atoms with van der Waals surface area (Å²) in [7, 11) is 2.12. The number of rotatable bonds is 2. The zero-order valence-electron chi connectivity index (χ0n) is 10.7. The van der Waals surface area contributed by atoms with Gasteiger partial charge in [-0.25, -0.2) is 4.39 Å². The van der Waals surface area contributed by atoms with Crippen molar-refractivity contribution in [2.75, 3.05) is 33.2 Å². The molecule has 18 heavy (non-hydrogen) atoms. The number of hydrogen-bond donors (Lipinski definition) is 0. The Hall–Kier alpha value is -1.44. The number of nitriles is 1. The average Bonchev–Trinajstić information content (AvgIpc) is 2.55. The molecule has 1 aliphatic rings. The van der Waals surface area contributed by atoms with Gasteiger partial charge in [0.2, 0.25) is 0 Å². The van der Waals surface area contributed by atoms with Crippen molar-refractivity contribution in [1.29, 1.82) is 5.26 Å². The highest BCUT2D eigenvalue weighted by Gasteiger charge is 2.14. The van der Waals surface area contributed by atoms with Crippen LogP contribution in [0.4, 0.5) is 4.39 Å². The van der Waals surface area contributed by atoms with Crippen molar-refractivity contribution in [3.63, 3.8) is 0 Å². The van der Waals surface area contributed by atoms with Crippen molar-refractivity contribution >= 4 is 0 Å². The molecule has 0 atom stereocenters. The van der Waals surface area contributed by atoms with E-state index in [-0.39, 0.29) is 5.82 Å². The van der Waals surface area contributed by atoms with E-state index < -0.39 is 0 Å². The van der Waals surface area contributed by atoms with Gasteiger partial charge in [-0.15, -0.1) is 0 Å². The van der Waals surface area contributed by atoms with Gasteiger partial charge in [0.05, 0.1) is 11.6 Å². The number of nitrogens with zero attached hydrogens (tertiary/aromatic N) is 3. The van der Waals surface area contributed by atoms with Gasteiger partial charge < -0.3 is 4.90 Å². The van der Waals surface area contributed by atoms with Crippen LogP contribution in [0.15, 0.2) is 18.2 Å².